The molecule has 1 saturated carbocycles. The highest BCUT2D eigenvalue weighted by Crippen LogP contribution is 2.53. The molecular weight excluding hydrogens is 442 g/mol. The standard InChI is InChI=1S/C25H32ClN3O4/c1-18-16-27(12-7-22(31)28-14-11-25(9-10-25)21(30)17-28)23(32)8-13-29(18)24(33)6-5-19-3-2-4-20(26)15-19/h2-6,15,18,21,30H,7-14,16-17H2,1H3. The van der Waals surface area contributed by atoms with Gasteiger partial charge in [0.05, 0.1) is 6.10 Å². The molecule has 2 saturated heterocycles. The number of piperidine rings is 1. The number of likely N-dealkylation sites (tertiary alicyclic amines) is 1. The van der Waals surface area contributed by atoms with Gasteiger partial charge in [-0.3, -0.25) is 14.4 Å². The van der Waals surface area contributed by atoms with Gasteiger partial charge in [-0.25, -0.2) is 0 Å². The highest BCUT2D eigenvalue weighted by Gasteiger charge is 2.51. The van der Waals surface area contributed by atoms with Crippen LogP contribution in [0, 0.1) is 5.41 Å². The van der Waals surface area contributed by atoms with Crippen LogP contribution in [0.15, 0.2) is 30.3 Å². The molecule has 2 heterocycles. The van der Waals surface area contributed by atoms with Crippen LogP contribution in [0.3, 0.4) is 0 Å². The fourth-order valence-corrected chi connectivity index (χ4v) is 5.11. The van der Waals surface area contributed by atoms with E-state index in [1.165, 1.54) is 6.08 Å². The third-order valence-corrected chi connectivity index (χ3v) is 7.54. The van der Waals surface area contributed by atoms with Gasteiger partial charge in [0.2, 0.25) is 17.7 Å². The van der Waals surface area contributed by atoms with E-state index in [0.717, 1.165) is 24.8 Å². The van der Waals surface area contributed by atoms with Gasteiger partial charge in [0, 0.05) is 62.7 Å². The number of carbonyl (C=O) groups excluding carboxylic acids is 3. The Morgan fingerprint density at radius 3 is 2.70 bits per heavy atom. The monoisotopic (exact) mass is 473 g/mol. The molecule has 33 heavy (non-hydrogen) atoms. The fraction of sp³-hybridized carbons (Fsp3) is 0.560. The van der Waals surface area contributed by atoms with E-state index < -0.39 is 6.10 Å². The molecule has 0 radical (unpaired) electrons. The van der Waals surface area contributed by atoms with Crippen molar-refractivity contribution in [3.05, 3.63) is 40.9 Å². The van der Waals surface area contributed by atoms with E-state index >= 15 is 0 Å². The SMILES string of the molecule is CC1CN(CCC(=O)N2CCC3(CC3)C(O)C2)C(=O)CCN1C(=O)C=Cc1cccc(Cl)c1. The van der Waals surface area contributed by atoms with Crippen LogP contribution >= 0.6 is 11.6 Å². The summed E-state index contributed by atoms with van der Waals surface area (Å²) in [5.41, 5.74) is 0.898. The lowest BCUT2D eigenvalue weighted by Crippen LogP contribution is -2.48. The van der Waals surface area contributed by atoms with Crippen LogP contribution in [0.1, 0.15) is 44.6 Å². The Bertz CT molecular complexity index is 945. The first-order valence-corrected chi connectivity index (χ1v) is 12.1. The zero-order valence-electron chi connectivity index (χ0n) is 19.1. The lowest BCUT2D eigenvalue weighted by molar-refractivity contribution is -0.138. The van der Waals surface area contributed by atoms with Crippen LogP contribution < -0.4 is 0 Å². The van der Waals surface area contributed by atoms with Gasteiger partial charge in [-0.15, -0.1) is 0 Å². The summed E-state index contributed by atoms with van der Waals surface area (Å²) in [6.07, 6.45) is 6.25. The van der Waals surface area contributed by atoms with Crippen molar-refractivity contribution in [1.29, 1.82) is 0 Å². The minimum Gasteiger partial charge on any atom is -0.391 e. The van der Waals surface area contributed by atoms with Crippen LogP contribution in [-0.2, 0) is 14.4 Å². The molecule has 2 aliphatic heterocycles. The lowest BCUT2D eigenvalue weighted by atomic mass is 9.90. The zero-order chi connectivity index (χ0) is 23.6. The predicted octanol–water partition coefficient (Wildman–Crippen LogP) is 2.57. The third kappa shape index (κ3) is 5.58. The minimum atomic E-state index is -0.436. The van der Waals surface area contributed by atoms with E-state index in [1.54, 1.807) is 32.9 Å². The molecule has 1 aromatic rings. The van der Waals surface area contributed by atoms with Crippen molar-refractivity contribution in [3.8, 4) is 0 Å². The van der Waals surface area contributed by atoms with Crippen molar-refractivity contribution in [3.63, 3.8) is 0 Å². The molecule has 4 rings (SSSR count). The summed E-state index contributed by atoms with van der Waals surface area (Å²) >= 11 is 6.00. The van der Waals surface area contributed by atoms with E-state index in [4.69, 9.17) is 11.6 Å². The van der Waals surface area contributed by atoms with Gasteiger partial charge < -0.3 is 19.8 Å². The molecule has 1 aliphatic carbocycles. The first kappa shape index (κ1) is 23.8. The smallest absolute Gasteiger partial charge is 0.246 e. The van der Waals surface area contributed by atoms with Crippen LogP contribution in [0.25, 0.3) is 6.08 Å². The maximum atomic E-state index is 12.8. The topological polar surface area (TPSA) is 81.2 Å². The van der Waals surface area contributed by atoms with Gasteiger partial charge in [-0.05, 0) is 55.4 Å². The van der Waals surface area contributed by atoms with Crippen LogP contribution in [0.2, 0.25) is 5.02 Å². The van der Waals surface area contributed by atoms with E-state index in [0.29, 0.717) is 37.7 Å². The summed E-state index contributed by atoms with van der Waals surface area (Å²) in [4.78, 5) is 43.3. The van der Waals surface area contributed by atoms with Crippen LogP contribution in [0.4, 0.5) is 0 Å². The number of rotatable bonds is 5. The molecule has 2 unspecified atom stereocenters. The number of amides is 3. The third-order valence-electron chi connectivity index (χ3n) is 7.31. The number of aliphatic hydroxyl groups excluding tert-OH is 1. The van der Waals surface area contributed by atoms with Crippen LogP contribution in [-0.4, -0.2) is 82.4 Å². The second kappa shape index (κ2) is 9.85. The Morgan fingerprint density at radius 1 is 1.21 bits per heavy atom. The summed E-state index contributed by atoms with van der Waals surface area (Å²) in [6.45, 7) is 4.08. The molecule has 3 aliphatic rings. The van der Waals surface area contributed by atoms with Crippen LogP contribution in [0.5, 0.6) is 0 Å². The van der Waals surface area contributed by atoms with Crippen molar-refractivity contribution in [1.82, 2.24) is 14.7 Å². The van der Waals surface area contributed by atoms with Gasteiger partial charge in [-0.2, -0.15) is 0 Å². The van der Waals surface area contributed by atoms with Crippen molar-refractivity contribution < 1.29 is 19.5 Å². The number of benzene rings is 1. The molecular formula is C25H32ClN3O4. The Labute approximate surface area is 200 Å². The molecule has 0 bridgehead atoms. The Hall–Kier alpha value is -2.38. The maximum Gasteiger partial charge on any atom is 0.246 e. The second-order valence-corrected chi connectivity index (χ2v) is 10.0. The van der Waals surface area contributed by atoms with Crippen molar-refractivity contribution in [2.24, 2.45) is 5.41 Å². The molecule has 1 aromatic carbocycles. The van der Waals surface area contributed by atoms with Crippen molar-refractivity contribution in [2.45, 2.75) is 51.2 Å². The Kier molecular flexibility index (Phi) is 7.10. The van der Waals surface area contributed by atoms with Gasteiger partial charge in [0.1, 0.15) is 0 Å². The number of carbonyl (C=O) groups is 3. The van der Waals surface area contributed by atoms with E-state index in [1.807, 2.05) is 19.1 Å². The second-order valence-electron chi connectivity index (χ2n) is 9.58. The number of nitrogens with zero attached hydrogens (tertiary/aromatic N) is 3. The Morgan fingerprint density at radius 2 is 2.00 bits per heavy atom. The van der Waals surface area contributed by atoms with Gasteiger partial charge in [0.15, 0.2) is 0 Å². The quantitative estimate of drug-likeness (QED) is 0.666. The number of β-amino-alcohol motifs (C(OH)–C–C–N with tert-alkyl or cyclic N) is 1. The molecule has 2 atom stereocenters. The molecule has 7 nitrogen and oxygen atoms in total. The summed E-state index contributed by atoms with van der Waals surface area (Å²) in [6, 6.07) is 7.10. The normalized spacial score (nSPS) is 24.9. The number of hydrogen-bond acceptors (Lipinski definition) is 4. The molecule has 178 valence electrons. The van der Waals surface area contributed by atoms with Gasteiger partial charge in [-0.1, -0.05) is 23.7 Å². The molecule has 3 amide bonds. The highest BCUT2D eigenvalue weighted by atomic mass is 35.5. The number of halogens is 1. The average Bonchev–Trinajstić information content (AvgIpc) is 3.58. The number of aliphatic hydroxyl groups is 1. The average molecular weight is 474 g/mol. The first-order valence-electron chi connectivity index (χ1n) is 11.8. The fourth-order valence-electron chi connectivity index (χ4n) is 4.91. The summed E-state index contributed by atoms with van der Waals surface area (Å²) in [5.74, 6) is -0.212. The van der Waals surface area contributed by atoms with Crippen molar-refractivity contribution in [2.75, 3.05) is 32.7 Å². The molecule has 3 fully saturated rings. The minimum absolute atomic E-state index is 0.0216. The molecule has 1 spiro atoms. The summed E-state index contributed by atoms with van der Waals surface area (Å²) in [5, 5.41) is 11.0. The van der Waals surface area contributed by atoms with Gasteiger partial charge in [0.25, 0.3) is 0 Å². The summed E-state index contributed by atoms with van der Waals surface area (Å²) < 4.78 is 0. The van der Waals surface area contributed by atoms with E-state index in [9.17, 15) is 19.5 Å². The Balaban J connectivity index is 1.29. The lowest BCUT2D eigenvalue weighted by Gasteiger charge is -2.36. The maximum absolute atomic E-state index is 12.8. The highest BCUT2D eigenvalue weighted by molar-refractivity contribution is 6.30. The molecule has 8 heteroatoms. The molecule has 1 N–H and O–H groups in total. The predicted molar refractivity (Wildman–Crippen MR) is 126 cm³/mol. The van der Waals surface area contributed by atoms with Crippen molar-refractivity contribution >= 4 is 35.4 Å². The zero-order valence-corrected chi connectivity index (χ0v) is 19.8. The largest absolute Gasteiger partial charge is 0.391 e. The van der Waals surface area contributed by atoms with E-state index in [-0.39, 0.29) is 42.0 Å². The number of hydrogen-bond donors (Lipinski definition) is 1. The first-order chi connectivity index (χ1) is 15.8. The summed E-state index contributed by atoms with van der Waals surface area (Å²) in [7, 11) is 0. The molecule has 0 aromatic heterocycles. The van der Waals surface area contributed by atoms with E-state index in [2.05, 4.69) is 0 Å². The van der Waals surface area contributed by atoms with Gasteiger partial charge >= 0.3 is 0 Å².